The normalized spacial score (nSPS) is 27.7. The van der Waals surface area contributed by atoms with E-state index in [1.807, 2.05) is 31.1 Å². The van der Waals surface area contributed by atoms with E-state index in [4.69, 9.17) is 9.47 Å². The molecule has 192 valence electrons. The van der Waals surface area contributed by atoms with Gasteiger partial charge in [-0.05, 0) is 51.6 Å². The molecule has 4 rings (SSSR count). The van der Waals surface area contributed by atoms with Crippen LogP contribution in [0.2, 0.25) is 0 Å². The first kappa shape index (κ1) is 25.6. The topological polar surface area (TPSA) is 54.0 Å². The standard InChI is InChI=1S/C26H34F3N3O3/c1-31(2)13-14-32(3)25(33)34-16-19-10-11-20-23(17-7-5-4-6-8-17)30-22-12-9-18(26(27,28)29)15-21(22)24(20)35-19/h4-7,9,12,15,17,19-20,23-24,30H,8,10-11,13-14,16H2,1-3H3/t17?,19-,20+,23+,24+/m1/s1. The fourth-order valence-corrected chi connectivity index (χ4v) is 5.10. The molecule has 1 saturated heterocycles. The highest BCUT2D eigenvalue weighted by Crippen LogP contribution is 2.49. The minimum atomic E-state index is -4.43. The van der Waals surface area contributed by atoms with Gasteiger partial charge in [0.2, 0.25) is 0 Å². The van der Waals surface area contributed by atoms with Gasteiger partial charge in [-0.2, -0.15) is 13.2 Å². The molecular formula is C26H34F3N3O3. The Morgan fingerprint density at radius 2 is 1.97 bits per heavy atom. The minimum Gasteiger partial charge on any atom is -0.447 e. The largest absolute Gasteiger partial charge is 0.447 e. The Balaban J connectivity index is 1.50. The highest BCUT2D eigenvalue weighted by Gasteiger charge is 2.45. The smallest absolute Gasteiger partial charge is 0.416 e. The highest BCUT2D eigenvalue weighted by atomic mass is 19.4. The number of carbonyl (C=O) groups is 1. The first-order chi connectivity index (χ1) is 16.6. The molecule has 1 aromatic carbocycles. The third-order valence-electron chi connectivity index (χ3n) is 7.08. The van der Waals surface area contributed by atoms with Crippen molar-refractivity contribution in [2.75, 3.05) is 46.2 Å². The van der Waals surface area contributed by atoms with E-state index in [9.17, 15) is 18.0 Å². The van der Waals surface area contributed by atoms with Crippen molar-refractivity contribution in [3.05, 3.63) is 53.6 Å². The number of hydrogen-bond donors (Lipinski definition) is 1. The van der Waals surface area contributed by atoms with Gasteiger partial charge in [0.05, 0.1) is 17.8 Å². The number of alkyl halides is 3. The maximum atomic E-state index is 13.5. The van der Waals surface area contributed by atoms with Crippen LogP contribution in [-0.4, -0.2) is 68.9 Å². The van der Waals surface area contributed by atoms with Gasteiger partial charge in [-0.25, -0.2) is 4.79 Å². The lowest BCUT2D eigenvalue weighted by Gasteiger charge is -2.47. The van der Waals surface area contributed by atoms with Crippen LogP contribution in [0.15, 0.2) is 42.5 Å². The van der Waals surface area contributed by atoms with Crippen molar-refractivity contribution >= 4 is 11.8 Å². The number of carbonyl (C=O) groups excluding carboxylic acids is 1. The van der Waals surface area contributed by atoms with E-state index in [0.29, 0.717) is 30.8 Å². The van der Waals surface area contributed by atoms with Gasteiger partial charge in [0.25, 0.3) is 0 Å². The molecule has 6 nitrogen and oxygen atoms in total. The Morgan fingerprint density at radius 3 is 2.66 bits per heavy atom. The number of benzene rings is 1. The Bertz CT molecular complexity index is 963. The van der Waals surface area contributed by atoms with Crippen LogP contribution in [0.3, 0.4) is 0 Å². The maximum Gasteiger partial charge on any atom is 0.416 e. The maximum absolute atomic E-state index is 13.5. The summed E-state index contributed by atoms with van der Waals surface area (Å²) in [6.45, 7) is 1.33. The van der Waals surface area contributed by atoms with Crippen LogP contribution in [0.4, 0.5) is 23.7 Å². The van der Waals surface area contributed by atoms with Crippen molar-refractivity contribution in [3.63, 3.8) is 0 Å². The fraction of sp³-hybridized carbons (Fsp3) is 0.577. The predicted molar refractivity (Wildman–Crippen MR) is 128 cm³/mol. The molecular weight excluding hydrogens is 459 g/mol. The van der Waals surface area contributed by atoms with Crippen molar-refractivity contribution < 1.29 is 27.4 Å². The third-order valence-corrected chi connectivity index (χ3v) is 7.08. The van der Waals surface area contributed by atoms with Gasteiger partial charge >= 0.3 is 12.3 Å². The molecule has 1 unspecified atom stereocenters. The van der Waals surface area contributed by atoms with Gasteiger partial charge < -0.3 is 24.6 Å². The van der Waals surface area contributed by atoms with Crippen molar-refractivity contribution in [1.29, 1.82) is 0 Å². The van der Waals surface area contributed by atoms with Crippen molar-refractivity contribution in [1.82, 2.24) is 9.80 Å². The van der Waals surface area contributed by atoms with E-state index in [-0.39, 0.29) is 30.6 Å². The number of ether oxygens (including phenoxy) is 2. The molecule has 1 fully saturated rings. The number of amides is 1. The predicted octanol–water partition coefficient (Wildman–Crippen LogP) is 5.10. The van der Waals surface area contributed by atoms with Crippen LogP contribution in [0.25, 0.3) is 0 Å². The van der Waals surface area contributed by atoms with Gasteiger partial charge in [-0.1, -0.05) is 24.3 Å². The van der Waals surface area contributed by atoms with Gasteiger partial charge in [0, 0.05) is 49.3 Å². The monoisotopic (exact) mass is 493 g/mol. The third kappa shape index (κ3) is 6.01. The van der Waals surface area contributed by atoms with E-state index >= 15 is 0 Å². The van der Waals surface area contributed by atoms with Gasteiger partial charge in [0.15, 0.2) is 0 Å². The Morgan fingerprint density at radius 1 is 1.17 bits per heavy atom. The summed E-state index contributed by atoms with van der Waals surface area (Å²) in [5.74, 6) is 0.244. The number of nitrogens with zero attached hydrogens (tertiary/aromatic N) is 2. The first-order valence-electron chi connectivity index (χ1n) is 12.1. The van der Waals surface area contributed by atoms with Crippen LogP contribution < -0.4 is 5.32 Å². The Kier molecular flexibility index (Phi) is 7.76. The summed E-state index contributed by atoms with van der Waals surface area (Å²) in [7, 11) is 5.54. The number of nitrogens with one attached hydrogen (secondary N) is 1. The van der Waals surface area contributed by atoms with Crippen molar-refractivity contribution in [3.8, 4) is 0 Å². The molecule has 0 aromatic heterocycles. The molecule has 3 aliphatic rings. The molecule has 1 aromatic rings. The number of allylic oxidation sites excluding steroid dienone is 3. The molecule has 2 aliphatic heterocycles. The number of anilines is 1. The van der Waals surface area contributed by atoms with Crippen LogP contribution in [0.5, 0.6) is 0 Å². The number of rotatable bonds is 6. The van der Waals surface area contributed by atoms with Crippen molar-refractivity contribution in [2.45, 2.75) is 43.7 Å². The average molecular weight is 494 g/mol. The molecule has 0 saturated carbocycles. The summed E-state index contributed by atoms with van der Waals surface area (Å²) >= 11 is 0. The van der Waals surface area contributed by atoms with E-state index in [1.165, 1.54) is 17.0 Å². The lowest BCUT2D eigenvalue weighted by atomic mass is 9.73. The highest BCUT2D eigenvalue weighted by molar-refractivity contribution is 5.67. The van der Waals surface area contributed by atoms with Crippen molar-refractivity contribution in [2.24, 2.45) is 11.8 Å². The lowest BCUT2D eigenvalue weighted by Crippen LogP contribution is -2.47. The Hall–Kier alpha value is -2.52. The molecule has 5 atom stereocenters. The first-order valence-corrected chi connectivity index (χ1v) is 12.1. The fourth-order valence-electron chi connectivity index (χ4n) is 5.10. The zero-order chi connectivity index (χ0) is 25.2. The quantitative estimate of drug-likeness (QED) is 0.598. The summed E-state index contributed by atoms with van der Waals surface area (Å²) in [4.78, 5) is 15.9. The molecule has 0 bridgehead atoms. The zero-order valence-electron chi connectivity index (χ0n) is 20.4. The number of fused-ring (bicyclic) bond motifs is 3. The van der Waals surface area contributed by atoms with E-state index in [0.717, 1.165) is 18.9 Å². The molecule has 9 heteroatoms. The van der Waals surface area contributed by atoms with E-state index < -0.39 is 23.9 Å². The average Bonchev–Trinajstić information content (AvgIpc) is 2.84. The van der Waals surface area contributed by atoms with Crippen LogP contribution >= 0.6 is 0 Å². The Labute approximate surface area is 204 Å². The summed E-state index contributed by atoms with van der Waals surface area (Å²) in [5, 5.41) is 3.52. The number of likely N-dealkylation sites (N-methyl/N-ethyl adjacent to an activating group) is 2. The molecule has 0 spiro atoms. The van der Waals surface area contributed by atoms with Crippen LogP contribution in [0.1, 0.15) is 36.5 Å². The van der Waals surface area contributed by atoms with Crippen LogP contribution in [0, 0.1) is 11.8 Å². The summed E-state index contributed by atoms with van der Waals surface area (Å²) in [5.41, 5.74) is 0.513. The van der Waals surface area contributed by atoms with Crippen LogP contribution in [-0.2, 0) is 15.7 Å². The van der Waals surface area contributed by atoms with E-state index in [2.05, 4.69) is 17.5 Å². The van der Waals surface area contributed by atoms with E-state index in [1.54, 1.807) is 7.05 Å². The second-order valence-electron chi connectivity index (χ2n) is 9.90. The molecule has 0 radical (unpaired) electrons. The molecule has 1 aliphatic carbocycles. The number of hydrogen-bond acceptors (Lipinski definition) is 5. The molecule has 35 heavy (non-hydrogen) atoms. The SMILES string of the molecule is CN(C)CCN(C)C(=O)OC[C@H]1CC[C@@H]2[C@H](O1)c1cc(C(F)(F)F)ccc1N[C@H]2C1C=CC=CC1. The molecule has 2 heterocycles. The molecule has 1 N–H and O–H groups in total. The van der Waals surface area contributed by atoms with Gasteiger partial charge in [0.1, 0.15) is 6.61 Å². The second-order valence-corrected chi connectivity index (χ2v) is 9.90. The summed E-state index contributed by atoms with van der Waals surface area (Å²) in [6.07, 6.45) is 4.88. The summed E-state index contributed by atoms with van der Waals surface area (Å²) in [6, 6.07) is 3.88. The minimum absolute atomic E-state index is 0.0156. The zero-order valence-corrected chi connectivity index (χ0v) is 20.4. The molecule has 1 amide bonds. The number of halogens is 3. The second kappa shape index (κ2) is 10.6. The van der Waals surface area contributed by atoms with Gasteiger partial charge in [-0.15, -0.1) is 0 Å². The lowest BCUT2D eigenvalue weighted by molar-refractivity contribution is -0.138. The summed E-state index contributed by atoms with van der Waals surface area (Å²) < 4.78 is 52.3. The van der Waals surface area contributed by atoms with Gasteiger partial charge in [-0.3, -0.25) is 0 Å².